The Labute approximate surface area is 226 Å². The first kappa shape index (κ1) is 27.1. The molecule has 0 radical (unpaired) electrons. The van der Waals surface area contributed by atoms with E-state index in [1.54, 1.807) is 29.1 Å². The van der Waals surface area contributed by atoms with E-state index in [1.807, 2.05) is 44.2 Å². The minimum atomic E-state index is -0.893. The van der Waals surface area contributed by atoms with Crippen LogP contribution in [0, 0.1) is 5.92 Å². The molecule has 38 heavy (non-hydrogen) atoms. The Morgan fingerprint density at radius 1 is 1.08 bits per heavy atom. The molecule has 0 unspecified atom stereocenters. The Kier molecular flexibility index (Phi) is 8.96. The molecule has 2 atom stereocenters. The topological polar surface area (TPSA) is 127 Å². The summed E-state index contributed by atoms with van der Waals surface area (Å²) >= 11 is 6.16. The maximum Gasteiger partial charge on any atom is 0.255 e. The number of carbonyl (C=O) groups is 3. The van der Waals surface area contributed by atoms with Crippen LogP contribution in [-0.2, 0) is 29.1 Å². The molecule has 3 N–H and O–H groups in total. The quantitative estimate of drug-likeness (QED) is 0.470. The third-order valence-electron chi connectivity index (χ3n) is 6.16. The number of nitrogens with one attached hydrogen (secondary N) is 3. The van der Waals surface area contributed by atoms with Gasteiger partial charge in [-0.05, 0) is 29.7 Å². The molecular formula is C27H31ClN6O4. The van der Waals surface area contributed by atoms with Crippen LogP contribution in [0.25, 0.3) is 0 Å². The lowest BCUT2D eigenvalue weighted by Crippen LogP contribution is -2.56. The van der Waals surface area contributed by atoms with Crippen LogP contribution in [-0.4, -0.2) is 51.4 Å². The number of nitrogens with zero attached hydrogens (tertiary/aromatic N) is 3. The molecule has 200 valence electrons. The molecule has 4 rings (SSSR count). The van der Waals surface area contributed by atoms with Crippen LogP contribution in [0.2, 0.25) is 5.02 Å². The third-order valence-corrected chi connectivity index (χ3v) is 6.39. The van der Waals surface area contributed by atoms with Crippen LogP contribution in [0.15, 0.2) is 54.7 Å². The van der Waals surface area contributed by atoms with E-state index in [1.165, 1.54) is 0 Å². The molecule has 1 aromatic heterocycles. The number of aromatic nitrogens is 3. The monoisotopic (exact) mass is 538 g/mol. The van der Waals surface area contributed by atoms with Crippen LogP contribution < -0.4 is 20.7 Å². The zero-order valence-corrected chi connectivity index (χ0v) is 22.1. The summed E-state index contributed by atoms with van der Waals surface area (Å²) < 4.78 is 7.55. The molecule has 0 fully saturated rings. The molecule has 2 heterocycles. The molecule has 0 saturated heterocycles. The molecule has 1 aliphatic rings. The van der Waals surface area contributed by atoms with Gasteiger partial charge in [0.1, 0.15) is 23.5 Å². The Balaban J connectivity index is 1.64. The average molecular weight is 539 g/mol. The van der Waals surface area contributed by atoms with Crippen molar-refractivity contribution in [2.24, 2.45) is 5.92 Å². The highest BCUT2D eigenvalue weighted by atomic mass is 35.5. The van der Waals surface area contributed by atoms with Crippen molar-refractivity contribution in [3.05, 3.63) is 76.6 Å². The van der Waals surface area contributed by atoms with Gasteiger partial charge in [0.2, 0.25) is 11.8 Å². The molecule has 2 bridgehead atoms. The molecule has 0 aliphatic carbocycles. The van der Waals surface area contributed by atoms with Crippen molar-refractivity contribution < 1.29 is 19.1 Å². The fourth-order valence-electron chi connectivity index (χ4n) is 4.12. The summed E-state index contributed by atoms with van der Waals surface area (Å²) in [5.41, 5.74) is 1.74. The van der Waals surface area contributed by atoms with Crippen molar-refractivity contribution in [3.8, 4) is 5.75 Å². The summed E-state index contributed by atoms with van der Waals surface area (Å²) in [6.07, 6.45) is 2.62. The molecule has 3 aromatic rings. The van der Waals surface area contributed by atoms with E-state index in [9.17, 15) is 14.4 Å². The number of hydrogen-bond acceptors (Lipinski definition) is 6. The van der Waals surface area contributed by atoms with E-state index in [-0.39, 0.29) is 30.4 Å². The van der Waals surface area contributed by atoms with E-state index < -0.39 is 23.9 Å². The van der Waals surface area contributed by atoms with Gasteiger partial charge in [0.05, 0.1) is 24.9 Å². The third kappa shape index (κ3) is 7.10. The number of rotatable bonds is 3. The van der Waals surface area contributed by atoms with Crippen LogP contribution in [0.1, 0.15) is 41.9 Å². The van der Waals surface area contributed by atoms with Crippen LogP contribution >= 0.6 is 11.6 Å². The maximum atomic E-state index is 13.4. The van der Waals surface area contributed by atoms with Gasteiger partial charge in [0.25, 0.3) is 5.91 Å². The van der Waals surface area contributed by atoms with Crippen LogP contribution in [0.5, 0.6) is 5.75 Å². The number of carbonyl (C=O) groups excluding carboxylic acids is 3. The zero-order valence-electron chi connectivity index (χ0n) is 21.3. The molecule has 11 heteroatoms. The fraction of sp³-hybridized carbons (Fsp3) is 0.370. The van der Waals surface area contributed by atoms with Crippen molar-refractivity contribution >= 4 is 29.3 Å². The summed E-state index contributed by atoms with van der Waals surface area (Å²) in [6, 6.07) is 12.4. The molecule has 0 spiro atoms. The highest BCUT2D eigenvalue weighted by Crippen LogP contribution is 2.24. The number of benzene rings is 2. The lowest BCUT2D eigenvalue weighted by molar-refractivity contribution is -0.130. The number of hydrogen-bond donors (Lipinski definition) is 3. The fourth-order valence-corrected chi connectivity index (χ4v) is 4.28. The van der Waals surface area contributed by atoms with Gasteiger partial charge in [0, 0.05) is 24.4 Å². The summed E-state index contributed by atoms with van der Waals surface area (Å²) in [5, 5.41) is 17.2. The van der Waals surface area contributed by atoms with Crippen molar-refractivity contribution in [2.75, 3.05) is 6.61 Å². The van der Waals surface area contributed by atoms with Gasteiger partial charge < -0.3 is 20.7 Å². The number of aryl methyl sites for hydroxylation is 1. The standard InChI is InChI=1S/C27H31ClN6O4/c1-17(2)24-27(37)30-22(13-18-7-4-3-5-8-18)26(36)29-15-20-16-34(33-32-20)11-6-12-38-23-14-19(28)9-10-21(23)25(35)31-24/h3-5,7-10,14,16-17,22,24H,6,11-13,15H2,1-2H3,(H,29,36)(H,30,37)(H,31,35)/t22-,24+/m0/s1. The second kappa shape index (κ2) is 12.6. The van der Waals surface area contributed by atoms with E-state index >= 15 is 0 Å². The Morgan fingerprint density at radius 2 is 1.87 bits per heavy atom. The number of ether oxygens (including phenoxy) is 1. The molecule has 2 aromatic carbocycles. The summed E-state index contributed by atoms with van der Waals surface area (Å²) in [7, 11) is 0. The molecular weight excluding hydrogens is 508 g/mol. The van der Waals surface area contributed by atoms with Crippen molar-refractivity contribution in [1.82, 2.24) is 30.9 Å². The first-order valence-corrected chi connectivity index (χ1v) is 12.9. The smallest absolute Gasteiger partial charge is 0.255 e. The summed E-state index contributed by atoms with van der Waals surface area (Å²) in [5.74, 6) is -1.24. The number of fused-ring (bicyclic) bond motifs is 3. The second-order valence-corrected chi connectivity index (χ2v) is 9.92. The van der Waals surface area contributed by atoms with Gasteiger partial charge in [-0.25, -0.2) is 0 Å². The normalized spacial score (nSPS) is 19.3. The first-order chi connectivity index (χ1) is 18.3. The lowest BCUT2D eigenvalue weighted by Gasteiger charge is -2.26. The van der Waals surface area contributed by atoms with E-state index in [4.69, 9.17) is 16.3 Å². The molecule has 3 amide bonds. The Morgan fingerprint density at radius 3 is 2.63 bits per heavy atom. The van der Waals surface area contributed by atoms with Gasteiger partial charge in [-0.15, -0.1) is 5.10 Å². The first-order valence-electron chi connectivity index (χ1n) is 12.5. The predicted molar refractivity (Wildman–Crippen MR) is 142 cm³/mol. The summed E-state index contributed by atoms with van der Waals surface area (Å²) in [6.45, 7) is 4.65. The highest BCUT2D eigenvalue weighted by molar-refractivity contribution is 6.30. The minimum Gasteiger partial charge on any atom is -0.493 e. The van der Waals surface area contributed by atoms with E-state index in [0.29, 0.717) is 36.0 Å². The van der Waals surface area contributed by atoms with E-state index in [0.717, 1.165) is 5.56 Å². The Bertz CT molecular complexity index is 1280. The second-order valence-electron chi connectivity index (χ2n) is 9.48. The minimum absolute atomic E-state index is 0.159. The average Bonchev–Trinajstić information content (AvgIpc) is 3.35. The Hall–Kier alpha value is -3.92. The van der Waals surface area contributed by atoms with Gasteiger partial charge in [-0.1, -0.05) is 61.0 Å². The van der Waals surface area contributed by atoms with Gasteiger partial charge in [0.15, 0.2) is 0 Å². The molecule has 1 aliphatic heterocycles. The maximum absolute atomic E-state index is 13.4. The highest BCUT2D eigenvalue weighted by Gasteiger charge is 2.30. The summed E-state index contributed by atoms with van der Waals surface area (Å²) in [4.78, 5) is 39.9. The number of amides is 3. The van der Waals surface area contributed by atoms with Crippen molar-refractivity contribution in [3.63, 3.8) is 0 Å². The molecule has 10 nitrogen and oxygen atoms in total. The molecule has 0 saturated carbocycles. The van der Waals surface area contributed by atoms with Crippen molar-refractivity contribution in [1.29, 1.82) is 0 Å². The van der Waals surface area contributed by atoms with Crippen LogP contribution in [0.3, 0.4) is 0 Å². The van der Waals surface area contributed by atoms with Gasteiger partial charge in [-0.3, -0.25) is 19.1 Å². The van der Waals surface area contributed by atoms with Gasteiger partial charge >= 0.3 is 0 Å². The van der Waals surface area contributed by atoms with Crippen LogP contribution in [0.4, 0.5) is 0 Å². The largest absolute Gasteiger partial charge is 0.493 e. The van der Waals surface area contributed by atoms with Gasteiger partial charge in [-0.2, -0.15) is 0 Å². The predicted octanol–water partition coefficient (Wildman–Crippen LogP) is 2.51. The number of halogens is 1. The van der Waals surface area contributed by atoms with E-state index in [2.05, 4.69) is 26.3 Å². The SMILES string of the molecule is CC(C)[C@H]1NC(=O)c2ccc(Cl)cc2OCCCn2cc(nn2)CNC(=O)[C@H](Cc2ccccc2)NC1=O. The lowest BCUT2D eigenvalue weighted by atomic mass is 10.0. The zero-order chi connectivity index (χ0) is 27.1. The van der Waals surface area contributed by atoms with Crippen molar-refractivity contribution in [2.45, 2.75) is 51.9 Å².